The average molecular weight is 501 g/mol. The Balaban J connectivity index is 0.00000280. The van der Waals surface area contributed by atoms with Gasteiger partial charge in [-0.25, -0.2) is 4.99 Å². The van der Waals surface area contributed by atoms with Crippen LogP contribution in [0, 0.1) is 0 Å². The summed E-state index contributed by atoms with van der Waals surface area (Å²) in [5, 5.41) is 9.22. The van der Waals surface area contributed by atoms with Gasteiger partial charge in [0.05, 0.1) is 31.3 Å². The number of nitrogens with zero attached hydrogens (tertiary/aromatic N) is 1. The van der Waals surface area contributed by atoms with Crippen molar-refractivity contribution >= 4 is 41.8 Å². The predicted molar refractivity (Wildman–Crippen MR) is 118 cm³/mol. The molecule has 1 aromatic rings. The van der Waals surface area contributed by atoms with Gasteiger partial charge in [-0.3, -0.25) is 9.59 Å². The Labute approximate surface area is 182 Å². The lowest BCUT2D eigenvalue weighted by Gasteiger charge is -2.22. The highest BCUT2D eigenvalue weighted by Crippen LogP contribution is 2.34. The van der Waals surface area contributed by atoms with E-state index in [1.807, 2.05) is 19.1 Å². The number of guanidine groups is 1. The summed E-state index contributed by atoms with van der Waals surface area (Å²) in [7, 11) is 0. The Hall–Kier alpha value is -1.88. The van der Waals surface area contributed by atoms with Crippen LogP contribution in [0.15, 0.2) is 29.3 Å². The molecule has 3 rings (SSSR count). The van der Waals surface area contributed by atoms with E-state index in [-0.39, 0.29) is 42.5 Å². The molecule has 0 saturated carbocycles. The van der Waals surface area contributed by atoms with Crippen LogP contribution in [0.25, 0.3) is 0 Å². The van der Waals surface area contributed by atoms with Gasteiger partial charge < -0.3 is 26.4 Å². The second-order valence-electron chi connectivity index (χ2n) is 6.90. The molecule has 2 saturated heterocycles. The Morgan fingerprint density at radius 3 is 2.54 bits per heavy atom. The highest BCUT2D eigenvalue weighted by molar-refractivity contribution is 14.0. The van der Waals surface area contributed by atoms with Crippen molar-refractivity contribution in [3.8, 4) is 0 Å². The van der Waals surface area contributed by atoms with Crippen molar-refractivity contribution in [1.29, 1.82) is 0 Å². The second-order valence-corrected chi connectivity index (χ2v) is 6.90. The molecule has 2 heterocycles. The number of ether oxygens (including phenoxy) is 1. The van der Waals surface area contributed by atoms with Crippen LogP contribution in [0.5, 0.6) is 0 Å². The topological polar surface area (TPSA) is 118 Å². The lowest BCUT2D eigenvalue weighted by atomic mass is 9.96. The van der Waals surface area contributed by atoms with E-state index in [1.165, 1.54) is 0 Å². The lowest BCUT2D eigenvalue weighted by Crippen LogP contribution is -2.47. The van der Waals surface area contributed by atoms with E-state index in [1.54, 1.807) is 12.1 Å². The van der Waals surface area contributed by atoms with E-state index >= 15 is 0 Å². The number of carbonyl (C=O) groups excluding carboxylic acids is 2. The van der Waals surface area contributed by atoms with Crippen molar-refractivity contribution in [2.24, 2.45) is 10.7 Å². The molecule has 2 aliphatic rings. The van der Waals surface area contributed by atoms with Crippen molar-refractivity contribution in [1.82, 2.24) is 16.0 Å². The first-order chi connectivity index (χ1) is 13.0. The standard InChI is InChI=1S/C19H27N5O3.HI/c1-2-21-19(24-15-9-14-7-8-16(15)27-14)23-10-12-3-5-13(6-4-12)18(26)22-11-17(20)25;/h3-6,14-16H,2,7-11H2,1H3,(H2,20,25)(H,22,26)(H2,21,23,24);1H. The lowest BCUT2D eigenvalue weighted by molar-refractivity contribution is -0.117. The van der Waals surface area contributed by atoms with Crippen LogP contribution in [0.3, 0.4) is 0 Å². The van der Waals surface area contributed by atoms with Crippen LogP contribution in [0.1, 0.15) is 42.1 Å². The molecule has 154 valence electrons. The zero-order chi connectivity index (χ0) is 19.2. The maximum absolute atomic E-state index is 11.9. The highest BCUT2D eigenvalue weighted by Gasteiger charge is 2.41. The molecule has 8 nitrogen and oxygen atoms in total. The Bertz CT molecular complexity index is 710. The van der Waals surface area contributed by atoms with E-state index in [9.17, 15) is 9.59 Å². The summed E-state index contributed by atoms with van der Waals surface area (Å²) < 4.78 is 5.88. The first kappa shape index (κ1) is 22.4. The molecular weight excluding hydrogens is 473 g/mol. The van der Waals surface area contributed by atoms with Crippen LogP contribution in [0.2, 0.25) is 0 Å². The number of carbonyl (C=O) groups is 2. The fraction of sp³-hybridized carbons (Fsp3) is 0.526. The molecule has 0 aromatic heterocycles. The number of halogens is 1. The smallest absolute Gasteiger partial charge is 0.251 e. The summed E-state index contributed by atoms with van der Waals surface area (Å²) in [4.78, 5) is 27.3. The quantitative estimate of drug-likeness (QED) is 0.252. The van der Waals surface area contributed by atoms with Crippen molar-refractivity contribution in [2.75, 3.05) is 13.1 Å². The molecule has 2 bridgehead atoms. The number of primary amides is 1. The minimum Gasteiger partial charge on any atom is -0.373 e. The molecule has 1 aromatic carbocycles. The van der Waals surface area contributed by atoms with Crippen LogP contribution < -0.4 is 21.7 Å². The molecule has 2 aliphatic heterocycles. The fourth-order valence-corrected chi connectivity index (χ4v) is 3.49. The normalized spacial score (nSPS) is 23.0. The van der Waals surface area contributed by atoms with Crippen LogP contribution in [-0.2, 0) is 16.1 Å². The van der Waals surface area contributed by atoms with E-state index < -0.39 is 5.91 Å². The Kier molecular flexibility index (Phi) is 8.49. The fourth-order valence-electron chi connectivity index (χ4n) is 3.49. The molecule has 2 amide bonds. The van der Waals surface area contributed by atoms with Gasteiger partial charge in [0, 0.05) is 12.1 Å². The maximum atomic E-state index is 11.9. The third-order valence-electron chi connectivity index (χ3n) is 4.83. The van der Waals surface area contributed by atoms with Gasteiger partial charge in [-0.05, 0) is 43.9 Å². The number of fused-ring (bicyclic) bond motifs is 2. The van der Waals surface area contributed by atoms with Crippen LogP contribution >= 0.6 is 24.0 Å². The summed E-state index contributed by atoms with van der Waals surface area (Å²) in [5.74, 6) is -0.115. The average Bonchev–Trinajstić information content (AvgIpc) is 3.28. The van der Waals surface area contributed by atoms with E-state index in [4.69, 9.17) is 10.5 Å². The largest absolute Gasteiger partial charge is 0.373 e. The molecule has 5 N–H and O–H groups in total. The molecule has 2 fully saturated rings. The van der Waals surface area contributed by atoms with E-state index in [2.05, 4.69) is 20.9 Å². The molecule has 0 spiro atoms. The van der Waals surface area contributed by atoms with Gasteiger partial charge in [0.1, 0.15) is 0 Å². The number of nitrogens with one attached hydrogen (secondary N) is 3. The first-order valence-electron chi connectivity index (χ1n) is 9.41. The summed E-state index contributed by atoms with van der Waals surface area (Å²) in [6, 6.07) is 7.45. The van der Waals surface area contributed by atoms with Crippen LogP contribution in [0.4, 0.5) is 0 Å². The van der Waals surface area contributed by atoms with Crippen molar-refractivity contribution in [3.05, 3.63) is 35.4 Å². The minimum atomic E-state index is -0.571. The number of aliphatic imine (C=N–C) groups is 1. The molecule has 3 atom stereocenters. The SMILES string of the molecule is CCNC(=NCc1ccc(C(=O)NCC(N)=O)cc1)NC1CC2CCC1O2.I. The van der Waals surface area contributed by atoms with Gasteiger partial charge >= 0.3 is 0 Å². The number of benzene rings is 1. The van der Waals surface area contributed by atoms with Gasteiger partial charge in [0.2, 0.25) is 5.91 Å². The third kappa shape index (κ3) is 6.06. The van der Waals surface area contributed by atoms with Crippen molar-refractivity contribution < 1.29 is 14.3 Å². The summed E-state index contributed by atoms with van der Waals surface area (Å²) >= 11 is 0. The first-order valence-corrected chi connectivity index (χ1v) is 9.41. The number of rotatable bonds is 7. The third-order valence-corrected chi connectivity index (χ3v) is 4.83. The number of hydrogen-bond acceptors (Lipinski definition) is 4. The zero-order valence-electron chi connectivity index (χ0n) is 15.9. The van der Waals surface area contributed by atoms with Crippen molar-refractivity contribution in [3.63, 3.8) is 0 Å². The summed E-state index contributed by atoms with van der Waals surface area (Å²) in [6.45, 7) is 3.15. The second kappa shape index (κ2) is 10.6. The molecule has 3 unspecified atom stereocenters. The number of nitrogens with two attached hydrogens (primary N) is 1. The summed E-state index contributed by atoms with van der Waals surface area (Å²) in [6.07, 6.45) is 3.99. The van der Waals surface area contributed by atoms with Crippen molar-refractivity contribution in [2.45, 2.75) is 51.0 Å². The molecule has 0 radical (unpaired) electrons. The van der Waals surface area contributed by atoms with Gasteiger partial charge in [0.25, 0.3) is 5.91 Å². The maximum Gasteiger partial charge on any atom is 0.251 e. The molecule has 28 heavy (non-hydrogen) atoms. The van der Waals surface area contributed by atoms with Gasteiger partial charge in [-0.15, -0.1) is 24.0 Å². The monoisotopic (exact) mass is 501 g/mol. The highest BCUT2D eigenvalue weighted by atomic mass is 127. The zero-order valence-corrected chi connectivity index (χ0v) is 18.3. The minimum absolute atomic E-state index is 0. The van der Waals surface area contributed by atoms with Gasteiger partial charge in [-0.1, -0.05) is 12.1 Å². The predicted octanol–water partition coefficient (Wildman–Crippen LogP) is 0.895. The van der Waals surface area contributed by atoms with Gasteiger partial charge in [-0.2, -0.15) is 0 Å². The molecule has 9 heteroatoms. The van der Waals surface area contributed by atoms with Gasteiger partial charge in [0.15, 0.2) is 5.96 Å². The Morgan fingerprint density at radius 2 is 1.96 bits per heavy atom. The van der Waals surface area contributed by atoms with Crippen LogP contribution in [-0.4, -0.2) is 49.1 Å². The molecule has 0 aliphatic carbocycles. The molecular formula is C19H28IN5O3. The Morgan fingerprint density at radius 1 is 1.21 bits per heavy atom. The van der Waals surface area contributed by atoms with E-state index in [0.29, 0.717) is 24.3 Å². The number of amides is 2. The van der Waals surface area contributed by atoms with E-state index in [0.717, 1.165) is 37.3 Å². The number of hydrogen-bond donors (Lipinski definition) is 4. The summed E-state index contributed by atoms with van der Waals surface area (Å²) in [5.41, 5.74) is 6.49.